The largest absolute Gasteiger partial charge is 0.315 e. The van der Waals surface area contributed by atoms with Crippen molar-refractivity contribution in [3.05, 3.63) is 34.6 Å². The van der Waals surface area contributed by atoms with Crippen molar-refractivity contribution in [1.29, 1.82) is 0 Å². The molecule has 4 heteroatoms. The normalized spacial score (nSPS) is 13.1. The number of hydrogen-bond donors (Lipinski definition) is 1. The summed E-state index contributed by atoms with van der Waals surface area (Å²) in [6, 6.07) is 4.27. The van der Waals surface area contributed by atoms with Gasteiger partial charge in [-0.05, 0) is 18.2 Å². The Balaban J connectivity index is 3.13. The zero-order valence-electron chi connectivity index (χ0n) is 5.52. The molecule has 0 saturated heterocycles. The molecule has 0 spiro atoms. The Kier molecular flexibility index (Phi) is 2.87. The van der Waals surface area contributed by atoms with Crippen LogP contribution in [0.3, 0.4) is 0 Å². The van der Waals surface area contributed by atoms with Crippen molar-refractivity contribution in [3.63, 3.8) is 0 Å². The zero-order valence-corrected chi connectivity index (χ0v) is 7.86. The minimum Gasteiger partial charge on any atom is -0.315 e. The molecular weight excluding hydrogens is 232 g/mol. The van der Waals surface area contributed by atoms with Gasteiger partial charge in [0.25, 0.3) is 0 Å². The lowest BCUT2D eigenvalue weighted by molar-refractivity contribution is 0.610. The molecule has 1 rings (SSSR count). The molecule has 11 heavy (non-hydrogen) atoms. The van der Waals surface area contributed by atoms with E-state index in [2.05, 4.69) is 15.9 Å². The molecule has 2 N–H and O–H groups in total. The first-order valence-electron chi connectivity index (χ1n) is 2.96. The summed E-state index contributed by atoms with van der Waals surface area (Å²) in [6.07, 6.45) is 0. The lowest BCUT2D eigenvalue weighted by Gasteiger charge is -2.04. The van der Waals surface area contributed by atoms with Crippen LogP contribution in [-0.2, 0) is 0 Å². The summed E-state index contributed by atoms with van der Waals surface area (Å²) < 4.78 is 12.9. The lowest BCUT2D eigenvalue weighted by Crippen LogP contribution is -2.03. The van der Waals surface area contributed by atoms with Gasteiger partial charge < -0.3 is 5.73 Å². The van der Waals surface area contributed by atoms with Crippen LogP contribution < -0.4 is 5.73 Å². The maximum absolute atomic E-state index is 12.9. The van der Waals surface area contributed by atoms with Crippen LogP contribution in [0.2, 0.25) is 5.02 Å². The molecule has 60 valence electrons. The van der Waals surface area contributed by atoms with E-state index in [-0.39, 0.29) is 5.82 Å². The minimum atomic E-state index is -0.499. The number of halogens is 3. The number of hydrogen-bond acceptors (Lipinski definition) is 1. The van der Waals surface area contributed by atoms with Crippen LogP contribution in [0.15, 0.2) is 18.2 Å². The Morgan fingerprint density at radius 2 is 2.18 bits per heavy atom. The van der Waals surface area contributed by atoms with E-state index >= 15 is 0 Å². The Labute approximate surface area is 77.5 Å². The summed E-state index contributed by atoms with van der Waals surface area (Å²) in [5.41, 5.74) is 5.77. The highest BCUT2D eigenvalue weighted by Crippen LogP contribution is 2.23. The molecular formula is C7H6BrClFN. The van der Waals surface area contributed by atoms with Gasteiger partial charge in [0.15, 0.2) is 0 Å². The SMILES string of the molecule is NC(Br)c1cc(Cl)ccc1F. The van der Waals surface area contributed by atoms with Crippen molar-refractivity contribution in [2.45, 2.75) is 4.95 Å². The van der Waals surface area contributed by atoms with Crippen LogP contribution in [0.1, 0.15) is 10.5 Å². The predicted molar refractivity (Wildman–Crippen MR) is 47.3 cm³/mol. The molecule has 0 aliphatic rings. The molecule has 1 nitrogen and oxygen atoms in total. The summed E-state index contributed by atoms with van der Waals surface area (Å²) in [7, 11) is 0. The summed E-state index contributed by atoms with van der Waals surface area (Å²) in [4.78, 5) is -0.499. The topological polar surface area (TPSA) is 26.0 Å². The van der Waals surface area contributed by atoms with Crippen LogP contribution in [0, 0.1) is 5.82 Å². The quantitative estimate of drug-likeness (QED) is 0.591. The van der Waals surface area contributed by atoms with Gasteiger partial charge in [-0.15, -0.1) is 0 Å². The van der Waals surface area contributed by atoms with Crippen molar-refractivity contribution in [2.24, 2.45) is 5.73 Å². The first kappa shape index (κ1) is 8.97. The third-order valence-corrected chi connectivity index (χ3v) is 1.98. The fraction of sp³-hybridized carbons (Fsp3) is 0.143. The highest BCUT2D eigenvalue weighted by Gasteiger charge is 2.07. The summed E-state index contributed by atoms with van der Waals surface area (Å²) in [5, 5.41) is 0.483. The molecule has 0 heterocycles. The van der Waals surface area contributed by atoms with Gasteiger partial charge in [0.1, 0.15) is 5.82 Å². The average Bonchev–Trinajstić information content (AvgIpc) is 1.94. The van der Waals surface area contributed by atoms with Crippen molar-refractivity contribution >= 4 is 27.5 Å². The van der Waals surface area contributed by atoms with E-state index in [1.165, 1.54) is 18.2 Å². The van der Waals surface area contributed by atoms with Crippen LogP contribution in [-0.4, -0.2) is 0 Å². The molecule has 1 atom stereocenters. The van der Waals surface area contributed by atoms with Crippen molar-refractivity contribution in [2.75, 3.05) is 0 Å². The van der Waals surface area contributed by atoms with E-state index in [1.54, 1.807) is 0 Å². The zero-order chi connectivity index (χ0) is 8.43. The van der Waals surface area contributed by atoms with E-state index in [0.717, 1.165) is 0 Å². The second kappa shape index (κ2) is 3.52. The Morgan fingerprint density at radius 3 is 2.64 bits per heavy atom. The molecule has 0 fully saturated rings. The third-order valence-electron chi connectivity index (χ3n) is 1.26. The van der Waals surface area contributed by atoms with E-state index < -0.39 is 4.95 Å². The van der Waals surface area contributed by atoms with Crippen molar-refractivity contribution in [3.8, 4) is 0 Å². The molecule has 1 unspecified atom stereocenters. The van der Waals surface area contributed by atoms with Gasteiger partial charge in [0.05, 0.1) is 4.95 Å². The van der Waals surface area contributed by atoms with Gasteiger partial charge in [0.2, 0.25) is 0 Å². The number of nitrogens with two attached hydrogens (primary N) is 1. The van der Waals surface area contributed by atoms with Crippen molar-refractivity contribution < 1.29 is 4.39 Å². The summed E-state index contributed by atoms with van der Waals surface area (Å²) in [5.74, 6) is -0.348. The second-order valence-corrected chi connectivity index (χ2v) is 3.49. The highest BCUT2D eigenvalue weighted by molar-refractivity contribution is 9.09. The van der Waals surface area contributed by atoms with Crippen LogP contribution in [0.5, 0.6) is 0 Å². The van der Waals surface area contributed by atoms with E-state index in [0.29, 0.717) is 10.6 Å². The molecule has 1 aromatic rings. The smallest absolute Gasteiger partial charge is 0.128 e. The molecule has 0 bridgehead atoms. The molecule has 0 aliphatic carbocycles. The number of alkyl halides is 1. The Bertz CT molecular complexity index is 265. The van der Waals surface area contributed by atoms with Gasteiger partial charge in [-0.2, -0.15) is 0 Å². The molecule has 0 aliphatic heterocycles. The maximum atomic E-state index is 12.9. The van der Waals surface area contributed by atoms with Crippen LogP contribution in [0.4, 0.5) is 4.39 Å². The second-order valence-electron chi connectivity index (χ2n) is 2.07. The first-order chi connectivity index (χ1) is 5.11. The van der Waals surface area contributed by atoms with Gasteiger partial charge in [0, 0.05) is 10.6 Å². The van der Waals surface area contributed by atoms with Crippen molar-refractivity contribution in [1.82, 2.24) is 0 Å². The summed E-state index contributed by atoms with van der Waals surface area (Å²) >= 11 is 8.66. The molecule has 0 aromatic heterocycles. The van der Waals surface area contributed by atoms with E-state index in [4.69, 9.17) is 17.3 Å². The first-order valence-corrected chi connectivity index (χ1v) is 4.25. The fourth-order valence-corrected chi connectivity index (χ4v) is 1.26. The average molecular weight is 238 g/mol. The van der Waals surface area contributed by atoms with Crippen LogP contribution in [0.25, 0.3) is 0 Å². The van der Waals surface area contributed by atoms with E-state index in [9.17, 15) is 4.39 Å². The van der Waals surface area contributed by atoms with Crippen LogP contribution >= 0.6 is 27.5 Å². The van der Waals surface area contributed by atoms with Gasteiger partial charge in [-0.3, -0.25) is 0 Å². The monoisotopic (exact) mass is 237 g/mol. The number of rotatable bonds is 1. The van der Waals surface area contributed by atoms with E-state index in [1.807, 2.05) is 0 Å². The fourth-order valence-electron chi connectivity index (χ4n) is 0.726. The molecule has 0 amide bonds. The number of benzene rings is 1. The van der Waals surface area contributed by atoms with Gasteiger partial charge >= 0.3 is 0 Å². The highest BCUT2D eigenvalue weighted by atomic mass is 79.9. The minimum absolute atomic E-state index is 0.348. The summed E-state index contributed by atoms with van der Waals surface area (Å²) in [6.45, 7) is 0. The standard InChI is InChI=1S/C7H6BrClFN/c8-7(11)5-3-4(9)1-2-6(5)10/h1-3,7H,11H2. The van der Waals surface area contributed by atoms with Gasteiger partial charge in [-0.1, -0.05) is 27.5 Å². The lowest BCUT2D eigenvalue weighted by atomic mass is 10.2. The van der Waals surface area contributed by atoms with Gasteiger partial charge in [-0.25, -0.2) is 4.39 Å². The Morgan fingerprint density at radius 1 is 1.55 bits per heavy atom. The Hall–Kier alpha value is -0.120. The maximum Gasteiger partial charge on any atom is 0.128 e. The molecule has 1 aromatic carbocycles. The third kappa shape index (κ3) is 2.15. The molecule has 0 saturated carbocycles. The predicted octanol–water partition coefficient (Wildman–Crippen LogP) is 2.83. The molecule has 0 radical (unpaired) electrons.